The van der Waals surface area contributed by atoms with Gasteiger partial charge in [-0.25, -0.2) is 9.87 Å². The smallest absolute Gasteiger partial charge is 0.277 e. The quantitative estimate of drug-likeness (QED) is 0.478. The van der Waals surface area contributed by atoms with Gasteiger partial charge in [0.25, 0.3) is 5.91 Å². The molecular weight excluding hydrogens is 217 g/mol. The van der Waals surface area contributed by atoms with Crippen LogP contribution in [0.2, 0.25) is 0 Å². The molecule has 2 amide bonds. The Bertz CT molecular complexity index is 422. The first-order chi connectivity index (χ1) is 7.52. The number of benzene rings is 1. The summed E-state index contributed by atoms with van der Waals surface area (Å²) in [6.45, 7) is -0.471. The molecule has 0 fully saturated rings. The molecule has 0 radical (unpaired) electrons. The van der Waals surface area contributed by atoms with E-state index in [1.165, 1.54) is 12.1 Å². The summed E-state index contributed by atoms with van der Waals surface area (Å²) in [4.78, 5) is 26.1. The normalized spacial score (nSPS) is 9.81. The predicted molar refractivity (Wildman–Crippen MR) is 53.4 cm³/mol. The number of hydrogen-bond donors (Lipinski definition) is 3. The Balaban J connectivity index is 2.66. The second-order valence-electron chi connectivity index (χ2n) is 2.89. The van der Waals surface area contributed by atoms with E-state index in [4.69, 9.17) is 11.5 Å². The summed E-state index contributed by atoms with van der Waals surface area (Å²) in [6, 6.07) is 3.77. The highest BCUT2D eigenvalue weighted by Gasteiger charge is 2.12. The lowest BCUT2D eigenvalue weighted by atomic mass is 10.1. The zero-order chi connectivity index (χ0) is 12.1. The lowest BCUT2D eigenvalue weighted by Crippen LogP contribution is -2.29. The summed E-state index contributed by atoms with van der Waals surface area (Å²) in [7, 11) is 0. The van der Waals surface area contributed by atoms with Gasteiger partial charge in [-0.15, -0.1) is 0 Å². The van der Waals surface area contributed by atoms with Crippen molar-refractivity contribution in [1.29, 1.82) is 0 Å². The van der Waals surface area contributed by atoms with Crippen LogP contribution < -0.4 is 16.9 Å². The second kappa shape index (κ2) is 5.08. The first kappa shape index (κ1) is 11.9. The molecule has 0 saturated heterocycles. The highest BCUT2D eigenvalue weighted by molar-refractivity contribution is 5.98. The largest absolute Gasteiger partial charge is 0.396 e. The molecule has 7 heteroatoms. The number of carbonyl (C=O) groups is 2. The Morgan fingerprint density at radius 1 is 1.44 bits per heavy atom. The van der Waals surface area contributed by atoms with Gasteiger partial charge < -0.3 is 11.5 Å². The van der Waals surface area contributed by atoms with Crippen molar-refractivity contribution >= 4 is 17.5 Å². The standard InChI is InChI=1S/C9H10FN3O3/c10-6-3-1-2-5(8(6)12)9(15)13-16-4-7(11)14/h1-3H,4,12H2,(H2,11,14)(H,13,15). The summed E-state index contributed by atoms with van der Waals surface area (Å²) in [5.41, 5.74) is 11.6. The highest BCUT2D eigenvalue weighted by atomic mass is 19.1. The van der Waals surface area contributed by atoms with Crippen molar-refractivity contribution < 1.29 is 18.8 Å². The lowest BCUT2D eigenvalue weighted by Gasteiger charge is -2.06. The topological polar surface area (TPSA) is 107 Å². The number of nitrogens with two attached hydrogens (primary N) is 2. The number of anilines is 1. The summed E-state index contributed by atoms with van der Waals surface area (Å²) >= 11 is 0. The van der Waals surface area contributed by atoms with E-state index in [9.17, 15) is 14.0 Å². The Kier molecular flexibility index (Phi) is 3.78. The van der Waals surface area contributed by atoms with Gasteiger partial charge in [0.05, 0.1) is 11.3 Å². The molecule has 1 aromatic carbocycles. The van der Waals surface area contributed by atoms with Crippen molar-refractivity contribution in [2.45, 2.75) is 0 Å². The van der Waals surface area contributed by atoms with E-state index in [0.29, 0.717) is 0 Å². The fourth-order valence-corrected chi connectivity index (χ4v) is 0.963. The average molecular weight is 227 g/mol. The number of hydrogen-bond acceptors (Lipinski definition) is 4. The minimum Gasteiger partial charge on any atom is -0.396 e. The van der Waals surface area contributed by atoms with Crippen molar-refractivity contribution in [3.8, 4) is 0 Å². The molecule has 1 aromatic rings. The minimum atomic E-state index is -0.752. The number of hydroxylamine groups is 1. The van der Waals surface area contributed by atoms with Crippen LogP contribution >= 0.6 is 0 Å². The van der Waals surface area contributed by atoms with Crippen LogP contribution in [0.1, 0.15) is 10.4 Å². The van der Waals surface area contributed by atoms with Gasteiger partial charge in [-0.2, -0.15) is 0 Å². The van der Waals surface area contributed by atoms with Gasteiger partial charge in [-0.05, 0) is 12.1 Å². The van der Waals surface area contributed by atoms with Gasteiger partial charge >= 0.3 is 0 Å². The molecule has 0 spiro atoms. The first-order valence-electron chi connectivity index (χ1n) is 4.26. The van der Waals surface area contributed by atoms with E-state index in [2.05, 4.69) is 4.84 Å². The molecule has 5 N–H and O–H groups in total. The van der Waals surface area contributed by atoms with Crippen LogP contribution in [-0.2, 0) is 9.63 Å². The molecule has 0 aliphatic carbocycles. The molecule has 0 unspecified atom stereocenters. The van der Waals surface area contributed by atoms with E-state index < -0.39 is 24.2 Å². The zero-order valence-corrected chi connectivity index (χ0v) is 8.20. The number of nitrogens with one attached hydrogen (secondary N) is 1. The number of carbonyl (C=O) groups excluding carboxylic acids is 2. The van der Waals surface area contributed by atoms with Crippen LogP contribution in [0, 0.1) is 5.82 Å². The van der Waals surface area contributed by atoms with E-state index >= 15 is 0 Å². The number of amides is 2. The maximum Gasteiger partial charge on any atom is 0.277 e. The Labute approximate surface area is 90.3 Å². The van der Waals surface area contributed by atoms with Gasteiger partial charge in [0.15, 0.2) is 6.61 Å². The molecule has 86 valence electrons. The Morgan fingerprint density at radius 3 is 2.75 bits per heavy atom. The molecule has 1 rings (SSSR count). The third-order valence-electron chi connectivity index (χ3n) is 1.68. The molecule has 0 aromatic heterocycles. The fourth-order valence-electron chi connectivity index (χ4n) is 0.963. The molecule has 0 heterocycles. The minimum absolute atomic E-state index is 0.0792. The Morgan fingerprint density at radius 2 is 2.12 bits per heavy atom. The van der Waals surface area contributed by atoms with E-state index in [0.717, 1.165) is 6.07 Å². The second-order valence-corrected chi connectivity index (χ2v) is 2.89. The van der Waals surface area contributed by atoms with Crippen LogP contribution in [0.3, 0.4) is 0 Å². The van der Waals surface area contributed by atoms with Gasteiger partial charge in [0.2, 0.25) is 5.91 Å². The molecule has 0 bridgehead atoms. The van der Waals surface area contributed by atoms with Gasteiger partial charge in [-0.3, -0.25) is 14.4 Å². The van der Waals surface area contributed by atoms with Gasteiger partial charge in [0, 0.05) is 0 Å². The molecule has 0 aliphatic heterocycles. The van der Waals surface area contributed by atoms with Crippen molar-refractivity contribution in [1.82, 2.24) is 5.48 Å². The molecule has 6 nitrogen and oxygen atoms in total. The monoisotopic (exact) mass is 227 g/mol. The molecule has 16 heavy (non-hydrogen) atoms. The van der Waals surface area contributed by atoms with Crippen LogP contribution in [0.4, 0.5) is 10.1 Å². The van der Waals surface area contributed by atoms with Crippen LogP contribution in [0.5, 0.6) is 0 Å². The summed E-state index contributed by atoms with van der Waals surface area (Å²) in [5.74, 6) is -2.20. The summed E-state index contributed by atoms with van der Waals surface area (Å²) in [6.07, 6.45) is 0. The van der Waals surface area contributed by atoms with Gasteiger partial charge in [0.1, 0.15) is 5.82 Å². The third kappa shape index (κ3) is 2.92. The molecule has 0 atom stereocenters. The number of halogens is 1. The summed E-state index contributed by atoms with van der Waals surface area (Å²) < 4.78 is 13.0. The SMILES string of the molecule is NC(=O)CONC(=O)c1cccc(F)c1N. The summed E-state index contributed by atoms with van der Waals surface area (Å²) in [5, 5.41) is 0. The van der Waals surface area contributed by atoms with E-state index in [1.807, 2.05) is 5.48 Å². The number of nitrogen functional groups attached to an aromatic ring is 1. The van der Waals surface area contributed by atoms with Crippen molar-refractivity contribution in [3.05, 3.63) is 29.6 Å². The lowest BCUT2D eigenvalue weighted by molar-refractivity contribution is -0.124. The van der Waals surface area contributed by atoms with E-state index in [-0.39, 0.29) is 11.3 Å². The van der Waals surface area contributed by atoms with E-state index in [1.54, 1.807) is 0 Å². The van der Waals surface area contributed by atoms with Crippen LogP contribution in [0.25, 0.3) is 0 Å². The molecule has 0 saturated carbocycles. The van der Waals surface area contributed by atoms with Gasteiger partial charge in [-0.1, -0.05) is 6.07 Å². The Hall–Kier alpha value is -2.15. The number of rotatable bonds is 4. The molecular formula is C9H10FN3O3. The average Bonchev–Trinajstić information content (AvgIpc) is 2.21. The maximum atomic E-state index is 13.0. The maximum absolute atomic E-state index is 13.0. The van der Waals surface area contributed by atoms with Crippen LogP contribution in [0.15, 0.2) is 18.2 Å². The van der Waals surface area contributed by atoms with Crippen LogP contribution in [-0.4, -0.2) is 18.4 Å². The van der Waals surface area contributed by atoms with Crippen molar-refractivity contribution in [3.63, 3.8) is 0 Å². The zero-order valence-electron chi connectivity index (χ0n) is 8.20. The van der Waals surface area contributed by atoms with Crippen molar-refractivity contribution in [2.24, 2.45) is 5.73 Å². The number of primary amides is 1. The highest BCUT2D eigenvalue weighted by Crippen LogP contribution is 2.15. The first-order valence-corrected chi connectivity index (χ1v) is 4.26. The molecule has 0 aliphatic rings. The fraction of sp³-hybridized carbons (Fsp3) is 0.111. The van der Waals surface area contributed by atoms with Crippen molar-refractivity contribution in [2.75, 3.05) is 12.3 Å². The predicted octanol–water partition coefficient (Wildman–Crippen LogP) is -0.445. The third-order valence-corrected chi connectivity index (χ3v) is 1.68. The number of para-hydroxylation sites is 1.